The Morgan fingerprint density at radius 2 is 1.92 bits per heavy atom. The lowest BCUT2D eigenvalue weighted by Gasteiger charge is -2.11. The lowest BCUT2D eigenvalue weighted by Crippen LogP contribution is -1.98. The Morgan fingerprint density at radius 3 is 2.42 bits per heavy atom. The number of rotatable bonds is 3. The first-order valence-corrected chi connectivity index (χ1v) is 4.59. The van der Waals surface area contributed by atoms with E-state index in [2.05, 4.69) is 19.6 Å². The number of benzene rings is 1. The zero-order valence-corrected chi connectivity index (χ0v) is 8.34. The summed E-state index contributed by atoms with van der Waals surface area (Å²) in [5.41, 5.74) is 1.20. The molecule has 1 nitrogen and oxygen atoms in total. The van der Waals surface area contributed by atoms with Gasteiger partial charge in [0.25, 0.3) is 0 Å². The number of hydrogen-bond donors (Lipinski definition) is 1. The highest BCUT2D eigenvalue weighted by molar-refractivity contribution is 7.80. The molecule has 1 atom stereocenters. The molecule has 0 aliphatic heterocycles. The SMILES string of the molecule is CCO[C@@H](C)c1ccc(S)cc1. The van der Waals surface area contributed by atoms with E-state index < -0.39 is 0 Å². The molecule has 0 unspecified atom stereocenters. The van der Waals surface area contributed by atoms with Gasteiger partial charge >= 0.3 is 0 Å². The van der Waals surface area contributed by atoms with Gasteiger partial charge in [-0.2, -0.15) is 0 Å². The third kappa shape index (κ3) is 2.54. The molecule has 66 valence electrons. The van der Waals surface area contributed by atoms with Crippen LogP contribution in [0.3, 0.4) is 0 Å². The summed E-state index contributed by atoms with van der Waals surface area (Å²) in [6.45, 7) is 4.81. The van der Waals surface area contributed by atoms with Crippen LogP contribution in [0.1, 0.15) is 25.5 Å². The third-order valence-electron chi connectivity index (χ3n) is 1.78. The molecule has 0 saturated heterocycles. The van der Waals surface area contributed by atoms with Crippen LogP contribution in [0.15, 0.2) is 29.2 Å². The van der Waals surface area contributed by atoms with E-state index in [1.165, 1.54) is 5.56 Å². The van der Waals surface area contributed by atoms with Crippen molar-refractivity contribution < 1.29 is 4.74 Å². The van der Waals surface area contributed by atoms with Crippen LogP contribution in [0.2, 0.25) is 0 Å². The number of ether oxygens (including phenoxy) is 1. The minimum atomic E-state index is 0.184. The Kier molecular flexibility index (Phi) is 3.63. The standard InChI is InChI=1S/C10H14OS/c1-3-11-8(2)9-4-6-10(12)7-5-9/h4-8,12H,3H2,1-2H3/t8-/m0/s1. The molecule has 12 heavy (non-hydrogen) atoms. The van der Waals surface area contributed by atoms with E-state index in [1.54, 1.807) is 0 Å². The van der Waals surface area contributed by atoms with Crippen LogP contribution >= 0.6 is 12.6 Å². The van der Waals surface area contributed by atoms with E-state index in [0.717, 1.165) is 11.5 Å². The second kappa shape index (κ2) is 4.53. The van der Waals surface area contributed by atoms with Crippen LogP contribution in [-0.4, -0.2) is 6.61 Å². The van der Waals surface area contributed by atoms with Gasteiger partial charge in [-0.3, -0.25) is 0 Å². The Bertz CT molecular complexity index is 230. The van der Waals surface area contributed by atoms with E-state index in [1.807, 2.05) is 31.2 Å². The minimum Gasteiger partial charge on any atom is -0.374 e. The third-order valence-corrected chi connectivity index (χ3v) is 2.08. The lowest BCUT2D eigenvalue weighted by molar-refractivity contribution is 0.0764. The van der Waals surface area contributed by atoms with Crippen molar-refractivity contribution in [2.24, 2.45) is 0 Å². The van der Waals surface area contributed by atoms with Gasteiger partial charge in [0, 0.05) is 11.5 Å². The molecule has 0 aromatic heterocycles. The molecule has 0 bridgehead atoms. The molecular formula is C10H14OS. The molecule has 0 fully saturated rings. The van der Waals surface area contributed by atoms with Gasteiger partial charge in [0.2, 0.25) is 0 Å². The Morgan fingerprint density at radius 1 is 1.33 bits per heavy atom. The van der Waals surface area contributed by atoms with Gasteiger partial charge in [-0.25, -0.2) is 0 Å². The van der Waals surface area contributed by atoms with E-state index in [-0.39, 0.29) is 6.10 Å². The molecule has 0 heterocycles. The highest BCUT2D eigenvalue weighted by Gasteiger charge is 2.02. The van der Waals surface area contributed by atoms with Gasteiger partial charge in [-0.15, -0.1) is 12.6 Å². The summed E-state index contributed by atoms with van der Waals surface area (Å²) < 4.78 is 5.44. The maximum Gasteiger partial charge on any atom is 0.0796 e. The maximum atomic E-state index is 5.44. The predicted octanol–water partition coefficient (Wildman–Crippen LogP) is 3.07. The summed E-state index contributed by atoms with van der Waals surface area (Å²) in [6.07, 6.45) is 0.184. The van der Waals surface area contributed by atoms with Crippen molar-refractivity contribution in [1.29, 1.82) is 0 Å². The van der Waals surface area contributed by atoms with Gasteiger partial charge in [0.1, 0.15) is 0 Å². The highest BCUT2D eigenvalue weighted by atomic mass is 32.1. The van der Waals surface area contributed by atoms with Gasteiger partial charge in [0.05, 0.1) is 6.10 Å². The van der Waals surface area contributed by atoms with Crippen LogP contribution in [-0.2, 0) is 4.74 Å². The van der Waals surface area contributed by atoms with Crippen molar-refractivity contribution in [3.8, 4) is 0 Å². The summed E-state index contributed by atoms with van der Waals surface area (Å²) in [5.74, 6) is 0. The first-order chi connectivity index (χ1) is 5.74. The fourth-order valence-corrected chi connectivity index (χ4v) is 1.24. The van der Waals surface area contributed by atoms with Crippen LogP contribution in [0.4, 0.5) is 0 Å². The fourth-order valence-electron chi connectivity index (χ4n) is 1.09. The summed E-state index contributed by atoms with van der Waals surface area (Å²) in [7, 11) is 0. The molecule has 0 aliphatic carbocycles. The largest absolute Gasteiger partial charge is 0.374 e. The smallest absolute Gasteiger partial charge is 0.0796 e. The first kappa shape index (κ1) is 9.62. The van der Waals surface area contributed by atoms with Gasteiger partial charge < -0.3 is 4.74 Å². The Labute approximate surface area is 79.2 Å². The molecular weight excluding hydrogens is 168 g/mol. The average Bonchev–Trinajstić information content (AvgIpc) is 2.06. The Balaban J connectivity index is 2.68. The summed E-state index contributed by atoms with van der Waals surface area (Å²) in [5, 5.41) is 0. The minimum absolute atomic E-state index is 0.184. The van der Waals surface area contributed by atoms with Crippen molar-refractivity contribution in [2.75, 3.05) is 6.61 Å². The summed E-state index contributed by atoms with van der Waals surface area (Å²) >= 11 is 4.21. The molecule has 1 aromatic rings. The molecule has 0 radical (unpaired) electrons. The van der Waals surface area contributed by atoms with E-state index in [0.29, 0.717) is 0 Å². The quantitative estimate of drug-likeness (QED) is 0.707. The van der Waals surface area contributed by atoms with Crippen LogP contribution in [0.25, 0.3) is 0 Å². The summed E-state index contributed by atoms with van der Waals surface area (Å²) in [4.78, 5) is 0.988. The number of hydrogen-bond acceptors (Lipinski definition) is 2. The highest BCUT2D eigenvalue weighted by Crippen LogP contribution is 2.17. The lowest BCUT2D eigenvalue weighted by atomic mass is 10.1. The molecule has 0 spiro atoms. The number of thiol groups is 1. The zero-order valence-electron chi connectivity index (χ0n) is 7.45. The molecule has 0 saturated carbocycles. The van der Waals surface area contributed by atoms with E-state index in [4.69, 9.17) is 4.74 Å². The second-order valence-corrected chi connectivity index (χ2v) is 3.21. The average molecular weight is 182 g/mol. The second-order valence-electron chi connectivity index (χ2n) is 2.69. The van der Waals surface area contributed by atoms with Gasteiger partial charge in [-0.1, -0.05) is 12.1 Å². The van der Waals surface area contributed by atoms with Gasteiger partial charge in [-0.05, 0) is 31.5 Å². The van der Waals surface area contributed by atoms with Crippen molar-refractivity contribution in [3.63, 3.8) is 0 Å². The zero-order chi connectivity index (χ0) is 8.97. The van der Waals surface area contributed by atoms with Crippen molar-refractivity contribution in [2.45, 2.75) is 24.8 Å². The monoisotopic (exact) mass is 182 g/mol. The molecule has 1 rings (SSSR count). The van der Waals surface area contributed by atoms with Crippen molar-refractivity contribution in [3.05, 3.63) is 29.8 Å². The van der Waals surface area contributed by atoms with E-state index >= 15 is 0 Å². The molecule has 0 aliphatic rings. The Hall–Kier alpha value is -0.470. The predicted molar refractivity (Wildman–Crippen MR) is 53.7 cm³/mol. The van der Waals surface area contributed by atoms with E-state index in [9.17, 15) is 0 Å². The van der Waals surface area contributed by atoms with Gasteiger partial charge in [0.15, 0.2) is 0 Å². The van der Waals surface area contributed by atoms with Crippen molar-refractivity contribution >= 4 is 12.6 Å². The molecule has 0 N–H and O–H groups in total. The maximum absolute atomic E-state index is 5.44. The van der Waals surface area contributed by atoms with Crippen LogP contribution in [0, 0.1) is 0 Å². The van der Waals surface area contributed by atoms with Crippen LogP contribution < -0.4 is 0 Å². The fraction of sp³-hybridized carbons (Fsp3) is 0.400. The van der Waals surface area contributed by atoms with Crippen molar-refractivity contribution in [1.82, 2.24) is 0 Å². The molecule has 2 heteroatoms. The molecule has 0 amide bonds. The normalized spacial score (nSPS) is 12.9. The van der Waals surface area contributed by atoms with Crippen LogP contribution in [0.5, 0.6) is 0 Å². The topological polar surface area (TPSA) is 9.23 Å². The molecule has 1 aromatic carbocycles. The first-order valence-electron chi connectivity index (χ1n) is 4.14. The summed E-state index contributed by atoms with van der Waals surface area (Å²) in [6, 6.07) is 8.05.